The normalized spacial score (nSPS) is 19.2. The number of ether oxygens (including phenoxy) is 1. The largest absolute Gasteiger partial charge is 0.506 e. The van der Waals surface area contributed by atoms with Crippen LogP contribution in [-0.2, 0) is 4.74 Å². The number of rotatable bonds is 2. The summed E-state index contributed by atoms with van der Waals surface area (Å²) in [6.07, 6.45) is 1.86. The van der Waals surface area contributed by atoms with Crippen LogP contribution >= 0.6 is 27.5 Å². The first kappa shape index (κ1) is 13.1. The van der Waals surface area contributed by atoms with Crippen LogP contribution in [0.3, 0.4) is 0 Å². The van der Waals surface area contributed by atoms with Crippen LogP contribution in [0, 0.1) is 5.92 Å². The van der Waals surface area contributed by atoms with Gasteiger partial charge in [-0.2, -0.15) is 0 Å². The lowest BCUT2D eigenvalue weighted by atomic mass is 9.87. The van der Waals surface area contributed by atoms with E-state index in [-0.39, 0.29) is 11.8 Å². The summed E-state index contributed by atoms with van der Waals surface area (Å²) in [7, 11) is 0. The molecule has 3 nitrogen and oxygen atoms in total. The fourth-order valence-electron chi connectivity index (χ4n) is 2.15. The summed E-state index contributed by atoms with van der Waals surface area (Å²) in [5, 5.41) is 10.5. The van der Waals surface area contributed by atoms with Crippen LogP contribution in [0.2, 0.25) is 5.02 Å². The molecule has 0 aromatic heterocycles. The highest BCUT2D eigenvalue weighted by molar-refractivity contribution is 9.10. The van der Waals surface area contributed by atoms with E-state index in [1.807, 2.05) is 0 Å². The molecular weight excluding hydrogens is 305 g/mol. The topological polar surface area (TPSA) is 55.5 Å². The van der Waals surface area contributed by atoms with Crippen LogP contribution in [-0.4, -0.2) is 18.3 Å². The maximum absolute atomic E-state index is 10.0. The molecule has 0 amide bonds. The van der Waals surface area contributed by atoms with Gasteiger partial charge in [0.15, 0.2) is 0 Å². The number of aromatic hydroxyl groups is 1. The van der Waals surface area contributed by atoms with Crippen molar-refractivity contribution in [3.05, 3.63) is 27.2 Å². The molecule has 1 fully saturated rings. The van der Waals surface area contributed by atoms with Crippen LogP contribution in [0.5, 0.6) is 5.75 Å². The third-order valence-electron chi connectivity index (χ3n) is 3.23. The Morgan fingerprint density at radius 2 is 2.06 bits per heavy atom. The summed E-state index contributed by atoms with van der Waals surface area (Å²) in [5.74, 6) is 0.499. The minimum absolute atomic E-state index is 0.150. The first-order chi connectivity index (χ1) is 8.11. The van der Waals surface area contributed by atoms with Crippen LogP contribution in [0.1, 0.15) is 24.4 Å². The fraction of sp³-hybridized carbons (Fsp3) is 0.500. The molecule has 1 aromatic rings. The second kappa shape index (κ2) is 5.57. The summed E-state index contributed by atoms with van der Waals surface area (Å²) in [5.41, 5.74) is 6.95. The Labute approximate surface area is 114 Å². The molecule has 17 heavy (non-hydrogen) atoms. The highest BCUT2D eigenvalue weighted by atomic mass is 79.9. The number of phenols is 1. The molecule has 1 saturated heterocycles. The van der Waals surface area contributed by atoms with E-state index in [9.17, 15) is 5.11 Å². The predicted molar refractivity (Wildman–Crippen MR) is 71.3 cm³/mol. The molecule has 1 atom stereocenters. The van der Waals surface area contributed by atoms with E-state index < -0.39 is 0 Å². The molecule has 1 heterocycles. The van der Waals surface area contributed by atoms with Crippen molar-refractivity contribution in [2.24, 2.45) is 11.7 Å². The molecule has 94 valence electrons. The molecule has 0 unspecified atom stereocenters. The van der Waals surface area contributed by atoms with E-state index in [1.54, 1.807) is 12.1 Å². The second-order valence-corrected chi connectivity index (χ2v) is 5.47. The third kappa shape index (κ3) is 2.76. The highest BCUT2D eigenvalue weighted by Gasteiger charge is 2.25. The van der Waals surface area contributed by atoms with Crippen molar-refractivity contribution in [2.45, 2.75) is 18.9 Å². The number of hydrogen-bond donors (Lipinski definition) is 2. The molecule has 1 aromatic carbocycles. The molecule has 0 bridgehead atoms. The number of nitrogens with two attached hydrogens (primary N) is 1. The summed E-state index contributed by atoms with van der Waals surface area (Å²) in [6.45, 7) is 1.49. The van der Waals surface area contributed by atoms with Gasteiger partial charge >= 0.3 is 0 Å². The van der Waals surface area contributed by atoms with Crippen LogP contribution < -0.4 is 5.73 Å². The minimum atomic E-state index is -0.174. The number of phenolic OH excluding ortho intramolecular Hbond substituents is 1. The summed E-state index contributed by atoms with van der Waals surface area (Å²) >= 11 is 9.17. The van der Waals surface area contributed by atoms with Gasteiger partial charge in [-0.3, -0.25) is 0 Å². The van der Waals surface area contributed by atoms with E-state index >= 15 is 0 Å². The summed E-state index contributed by atoms with van der Waals surface area (Å²) < 4.78 is 5.82. The number of benzene rings is 1. The van der Waals surface area contributed by atoms with Crippen molar-refractivity contribution in [2.75, 3.05) is 13.2 Å². The van der Waals surface area contributed by atoms with Crippen molar-refractivity contribution in [1.29, 1.82) is 0 Å². The van der Waals surface area contributed by atoms with Crippen LogP contribution in [0.25, 0.3) is 0 Å². The van der Waals surface area contributed by atoms with E-state index in [4.69, 9.17) is 22.1 Å². The maximum Gasteiger partial charge on any atom is 0.136 e. The Morgan fingerprint density at radius 3 is 2.71 bits per heavy atom. The number of halogens is 2. The lowest BCUT2D eigenvalue weighted by molar-refractivity contribution is 0.0581. The lowest BCUT2D eigenvalue weighted by Gasteiger charge is -2.28. The standard InChI is InChI=1S/C12H15BrClNO2/c13-10-9(14)2-1-8(12(10)16)11(15)7-3-5-17-6-4-7/h1-2,7,11,16H,3-6,15H2/t11-/m0/s1. The maximum atomic E-state index is 10.0. The highest BCUT2D eigenvalue weighted by Crippen LogP contribution is 2.40. The van der Waals surface area contributed by atoms with Gasteiger partial charge < -0.3 is 15.6 Å². The van der Waals surface area contributed by atoms with Crippen molar-refractivity contribution in [3.63, 3.8) is 0 Å². The molecule has 0 aliphatic carbocycles. The fourth-order valence-corrected chi connectivity index (χ4v) is 2.67. The van der Waals surface area contributed by atoms with Gasteiger partial charge in [-0.25, -0.2) is 0 Å². The third-order valence-corrected chi connectivity index (χ3v) is 4.58. The SMILES string of the molecule is N[C@H](c1ccc(Cl)c(Br)c1O)C1CCOCC1. The molecule has 0 saturated carbocycles. The Morgan fingerprint density at radius 1 is 1.41 bits per heavy atom. The van der Waals surface area contributed by atoms with Crippen LogP contribution in [0.15, 0.2) is 16.6 Å². The zero-order chi connectivity index (χ0) is 12.4. The molecule has 5 heteroatoms. The zero-order valence-electron chi connectivity index (χ0n) is 9.33. The van der Waals surface area contributed by atoms with Crippen molar-refractivity contribution >= 4 is 27.5 Å². The van der Waals surface area contributed by atoms with E-state index in [1.165, 1.54) is 0 Å². The molecule has 3 N–H and O–H groups in total. The first-order valence-electron chi connectivity index (χ1n) is 5.61. The van der Waals surface area contributed by atoms with Gasteiger partial charge in [0.05, 0.1) is 9.50 Å². The van der Waals surface area contributed by atoms with Gasteiger partial charge in [-0.1, -0.05) is 17.7 Å². The molecule has 0 radical (unpaired) electrons. The van der Waals surface area contributed by atoms with E-state index in [0.29, 0.717) is 15.4 Å². The Balaban J connectivity index is 2.24. The predicted octanol–water partition coefficient (Wildman–Crippen LogP) is 3.23. The van der Waals surface area contributed by atoms with E-state index in [2.05, 4.69) is 15.9 Å². The van der Waals surface area contributed by atoms with Gasteiger partial charge in [0.25, 0.3) is 0 Å². The lowest BCUT2D eigenvalue weighted by Crippen LogP contribution is -2.27. The van der Waals surface area contributed by atoms with Gasteiger partial charge in [0.2, 0.25) is 0 Å². The minimum Gasteiger partial charge on any atom is -0.506 e. The van der Waals surface area contributed by atoms with Gasteiger partial charge in [-0.05, 0) is 40.8 Å². The van der Waals surface area contributed by atoms with Crippen molar-refractivity contribution < 1.29 is 9.84 Å². The number of hydrogen-bond acceptors (Lipinski definition) is 3. The quantitative estimate of drug-likeness (QED) is 0.879. The van der Waals surface area contributed by atoms with Gasteiger partial charge in [0.1, 0.15) is 5.75 Å². The zero-order valence-corrected chi connectivity index (χ0v) is 11.7. The molecular formula is C12H15BrClNO2. The molecule has 1 aliphatic rings. The van der Waals surface area contributed by atoms with Crippen LogP contribution in [0.4, 0.5) is 0 Å². The smallest absolute Gasteiger partial charge is 0.136 e. The van der Waals surface area contributed by atoms with Crippen molar-refractivity contribution in [1.82, 2.24) is 0 Å². The summed E-state index contributed by atoms with van der Waals surface area (Å²) in [6, 6.07) is 3.37. The van der Waals surface area contributed by atoms with Gasteiger partial charge in [0, 0.05) is 24.8 Å². The molecule has 0 spiro atoms. The van der Waals surface area contributed by atoms with E-state index in [0.717, 1.165) is 31.6 Å². The van der Waals surface area contributed by atoms with Gasteiger partial charge in [-0.15, -0.1) is 0 Å². The molecule has 1 aliphatic heterocycles. The molecule has 2 rings (SSSR count). The summed E-state index contributed by atoms with van der Waals surface area (Å²) in [4.78, 5) is 0. The average Bonchev–Trinajstić information content (AvgIpc) is 2.36. The Bertz CT molecular complexity index is 408. The average molecular weight is 321 g/mol. The van der Waals surface area contributed by atoms with Crippen molar-refractivity contribution in [3.8, 4) is 5.75 Å². The Kier molecular flexibility index (Phi) is 4.31. The first-order valence-corrected chi connectivity index (χ1v) is 6.78. The monoisotopic (exact) mass is 319 g/mol. The second-order valence-electron chi connectivity index (χ2n) is 4.27. The Hall–Kier alpha value is -0.290.